The summed E-state index contributed by atoms with van der Waals surface area (Å²) in [5, 5.41) is 6.83. The molecule has 2 aliphatic rings. The van der Waals surface area contributed by atoms with Crippen LogP contribution in [0, 0.1) is 11.6 Å². The maximum atomic E-state index is 14.4. The molecule has 0 aliphatic carbocycles. The predicted molar refractivity (Wildman–Crippen MR) is 105 cm³/mol. The molecule has 156 valence electrons. The third-order valence-electron chi connectivity index (χ3n) is 5.63. The molecule has 0 unspecified atom stereocenters. The topological polar surface area (TPSA) is 110 Å². The second kappa shape index (κ2) is 6.46. The molecule has 2 aromatic carbocycles. The van der Waals surface area contributed by atoms with Crippen LogP contribution in [-0.4, -0.2) is 34.0 Å². The minimum absolute atomic E-state index is 0.0901. The zero-order valence-electron chi connectivity index (χ0n) is 15.9. The number of para-hydroxylation sites is 1. The molecule has 0 fully saturated rings. The van der Waals surface area contributed by atoms with Gasteiger partial charge in [0.25, 0.3) is 0 Å². The van der Waals surface area contributed by atoms with Gasteiger partial charge in [-0.2, -0.15) is 5.10 Å². The summed E-state index contributed by atoms with van der Waals surface area (Å²) in [4.78, 5) is 39.2. The molecule has 5 rings (SSSR count). The SMILES string of the molecule is NC(=O)CN1C(=O)[C@]2(CC(=O)Nc3c2cnn3-c2ccc(F)cc2F)c2ccccc21. The Morgan fingerprint density at radius 2 is 1.90 bits per heavy atom. The van der Waals surface area contributed by atoms with E-state index in [0.29, 0.717) is 22.9 Å². The van der Waals surface area contributed by atoms with Crippen LogP contribution >= 0.6 is 0 Å². The Labute approximate surface area is 174 Å². The number of nitrogens with two attached hydrogens (primary N) is 1. The molecule has 3 heterocycles. The van der Waals surface area contributed by atoms with Crippen molar-refractivity contribution < 1.29 is 23.2 Å². The van der Waals surface area contributed by atoms with E-state index in [1.807, 2.05) is 0 Å². The number of aromatic nitrogens is 2. The largest absolute Gasteiger partial charge is 0.368 e. The van der Waals surface area contributed by atoms with Crippen molar-refractivity contribution in [1.82, 2.24) is 9.78 Å². The van der Waals surface area contributed by atoms with Gasteiger partial charge < -0.3 is 16.0 Å². The second-order valence-corrected chi connectivity index (χ2v) is 7.42. The van der Waals surface area contributed by atoms with Gasteiger partial charge in [-0.25, -0.2) is 13.5 Å². The minimum atomic E-state index is -1.45. The van der Waals surface area contributed by atoms with Crippen LogP contribution in [0.2, 0.25) is 0 Å². The van der Waals surface area contributed by atoms with E-state index in [9.17, 15) is 23.2 Å². The maximum absolute atomic E-state index is 14.4. The summed E-state index contributed by atoms with van der Waals surface area (Å²) >= 11 is 0. The first kappa shape index (κ1) is 18.9. The van der Waals surface area contributed by atoms with Crippen molar-refractivity contribution >= 4 is 29.2 Å². The minimum Gasteiger partial charge on any atom is -0.368 e. The van der Waals surface area contributed by atoms with Gasteiger partial charge in [0.15, 0.2) is 5.82 Å². The lowest BCUT2D eigenvalue weighted by Gasteiger charge is -2.32. The molecule has 3 amide bonds. The standard InChI is InChI=1S/C21H15F2N5O3/c22-11-5-6-16(14(23)7-11)28-19-13(9-25-28)21(8-18(30)26-19)12-3-1-2-4-15(12)27(20(21)31)10-17(24)29/h1-7,9H,8,10H2,(H2,24,29)(H,26,30)/t21-/m1/s1. The zero-order valence-corrected chi connectivity index (χ0v) is 15.9. The van der Waals surface area contributed by atoms with Crippen molar-refractivity contribution in [2.45, 2.75) is 11.8 Å². The fraction of sp³-hybridized carbons (Fsp3) is 0.143. The quantitative estimate of drug-likeness (QED) is 0.667. The van der Waals surface area contributed by atoms with Crippen LogP contribution in [0.5, 0.6) is 0 Å². The number of primary amides is 1. The van der Waals surface area contributed by atoms with E-state index in [4.69, 9.17) is 5.73 Å². The van der Waals surface area contributed by atoms with Crippen molar-refractivity contribution in [3.8, 4) is 5.69 Å². The Morgan fingerprint density at radius 3 is 2.65 bits per heavy atom. The number of rotatable bonds is 3. The molecular formula is C21H15F2N5O3. The third kappa shape index (κ3) is 2.57. The molecule has 3 N–H and O–H groups in total. The lowest BCUT2D eigenvalue weighted by Crippen LogP contribution is -2.48. The molecule has 0 saturated carbocycles. The summed E-state index contributed by atoms with van der Waals surface area (Å²) < 4.78 is 28.9. The fourth-order valence-corrected chi connectivity index (χ4v) is 4.40. The number of halogens is 2. The van der Waals surface area contributed by atoms with E-state index >= 15 is 0 Å². The summed E-state index contributed by atoms with van der Waals surface area (Å²) in [6.45, 7) is -0.352. The lowest BCUT2D eigenvalue weighted by molar-refractivity contribution is -0.127. The van der Waals surface area contributed by atoms with Gasteiger partial charge in [0.2, 0.25) is 17.7 Å². The van der Waals surface area contributed by atoms with Crippen molar-refractivity contribution in [2.24, 2.45) is 5.73 Å². The Morgan fingerprint density at radius 1 is 1.13 bits per heavy atom. The van der Waals surface area contributed by atoms with Gasteiger partial charge in [0.1, 0.15) is 29.3 Å². The Kier molecular flexibility index (Phi) is 3.94. The first-order valence-corrected chi connectivity index (χ1v) is 9.36. The highest BCUT2D eigenvalue weighted by atomic mass is 19.1. The van der Waals surface area contributed by atoms with E-state index < -0.39 is 34.8 Å². The first-order valence-electron chi connectivity index (χ1n) is 9.36. The van der Waals surface area contributed by atoms with Gasteiger partial charge in [-0.05, 0) is 23.8 Å². The predicted octanol–water partition coefficient (Wildman–Crippen LogP) is 1.61. The third-order valence-corrected chi connectivity index (χ3v) is 5.63. The first-order chi connectivity index (χ1) is 14.8. The van der Waals surface area contributed by atoms with Crippen LogP contribution in [0.1, 0.15) is 17.5 Å². The molecular weight excluding hydrogens is 408 g/mol. The van der Waals surface area contributed by atoms with Crippen LogP contribution in [0.4, 0.5) is 20.3 Å². The second-order valence-electron chi connectivity index (χ2n) is 7.42. The molecule has 0 bridgehead atoms. The highest BCUT2D eigenvalue weighted by Gasteiger charge is 2.57. The summed E-state index contributed by atoms with van der Waals surface area (Å²) in [5.41, 5.74) is 5.14. The maximum Gasteiger partial charge on any atom is 0.243 e. The highest BCUT2D eigenvalue weighted by Crippen LogP contribution is 2.52. The Bertz CT molecular complexity index is 1290. The number of nitrogens with one attached hydrogen (secondary N) is 1. The van der Waals surface area contributed by atoms with E-state index in [1.54, 1.807) is 24.3 Å². The number of fused-ring (bicyclic) bond motifs is 4. The van der Waals surface area contributed by atoms with Crippen LogP contribution in [-0.2, 0) is 19.8 Å². The van der Waals surface area contributed by atoms with Crippen molar-refractivity contribution in [3.05, 3.63) is 71.4 Å². The van der Waals surface area contributed by atoms with E-state index in [-0.39, 0.29) is 24.5 Å². The molecule has 3 aromatic rings. The number of carbonyl (C=O) groups excluding carboxylic acids is 3. The van der Waals surface area contributed by atoms with Gasteiger partial charge in [0.05, 0.1) is 6.20 Å². The molecule has 31 heavy (non-hydrogen) atoms. The van der Waals surface area contributed by atoms with E-state index in [1.165, 1.54) is 17.2 Å². The number of carbonyl (C=O) groups is 3. The molecule has 8 nitrogen and oxygen atoms in total. The number of hydrogen-bond donors (Lipinski definition) is 2. The average molecular weight is 423 g/mol. The van der Waals surface area contributed by atoms with Crippen molar-refractivity contribution in [3.63, 3.8) is 0 Å². The fourth-order valence-electron chi connectivity index (χ4n) is 4.40. The Hall–Kier alpha value is -4.08. The van der Waals surface area contributed by atoms with Crippen LogP contribution in [0.15, 0.2) is 48.7 Å². The lowest BCUT2D eigenvalue weighted by atomic mass is 9.72. The van der Waals surface area contributed by atoms with Crippen molar-refractivity contribution in [1.29, 1.82) is 0 Å². The number of nitrogens with zero attached hydrogens (tertiary/aromatic N) is 3. The smallest absolute Gasteiger partial charge is 0.243 e. The average Bonchev–Trinajstić information content (AvgIpc) is 3.22. The number of anilines is 2. The van der Waals surface area contributed by atoms with Crippen LogP contribution in [0.25, 0.3) is 5.69 Å². The van der Waals surface area contributed by atoms with Crippen LogP contribution < -0.4 is 16.0 Å². The summed E-state index contributed by atoms with van der Waals surface area (Å²) in [5.74, 6) is -3.22. The highest BCUT2D eigenvalue weighted by molar-refractivity contribution is 6.17. The monoisotopic (exact) mass is 423 g/mol. The normalized spacial score (nSPS) is 19.4. The van der Waals surface area contributed by atoms with Gasteiger partial charge in [-0.15, -0.1) is 0 Å². The number of benzene rings is 2. The van der Waals surface area contributed by atoms with Gasteiger partial charge >= 0.3 is 0 Å². The summed E-state index contributed by atoms with van der Waals surface area (Å²) in [6, 6.07) is 9.76. The Balaban J connectivity index is 1.75. The molecule has 2 aliphatic heterocycles. The zero-order chi connectivity index (χ0) is 21.9. The summed E-state index contributed by atoms with van der Waals surface area (Å²) in [7, 11) is 0. The van der Waals surface area contributed by atoms with Gasteiger partial charge in [-0.3, -0.25) is 14.4 Å². The van der Waals surface area contributed by atoms with Gasteiger partial charge in [0, 0.05) is 23.7 Å². The number of hydrogen-bond acceptors (Lipinski definition) is 4. The van der Waals surface area contributed by atoms with Crippen molar-refractivity contribution in [2.75, 3.05) is 16.8 Å². The summed E-state index contributed by atoms with van der Waals surface area (Å²) in [6.07, 6.45) is 1.16. The van der Waals surface area contributed by atoms with E-state index in [2.05, 4.69) is 10.4 Å². The van der Waals surface area contributed by atoms with Gasteiger partial charge in [-0.1, -0.05) is 18.2 Å². The molecule has 1 atom stereocenters. The van der Waals surface area contributed by atoms with Crippen LogP contribution in [0.3, 0.4) is 0 Å². The number of amides is 3. The molecule has 10 heteroatoms. The molecule has 1 spiro atoms. The molecule has 1 aromatic heterocycles. The molecule has 0 radical (unpaired) electrons. The van der Waals surface area contributed by atoms with E-state index in [0.717, 1.165) is 10.7 Å². The molecule has 0 saturated heterocycles.